The Balaban J connectivity index is 2.71. The van der Waals surface area contributed by atoms with Gasteiger partial charge in [0.25, 0.3) is 0 Å². The van der Waals surface area contributed by atoms with Crippen LogP contribution in [0, 0.1) is 17.0 Å². The summed E-state index contributed by atoms with van der Waals surface area (Å²) in [5.41, 5.74) is -1.02. The fourth-order valence-electron chi connectivity index (χ4n) is 2.09. The number of nitrogens with one attached hydrogen (secondary N) is 1. The van der Waals surface area contributed by atoms with E-state index in [0.717, 1.165) is 6.42 Å². The molecular weight excluding hydrogens is 264 g/mol. The van der Waals surface area contributed by atoms with Gasteiger partial charge in [0.05, 0.1) is 0 Å². The minimum Gasteiger partial charge on any atom is -0.480 e. The third kappa shape index (κ3) is 3.53. The van der Waals surface area contributed by atoms with Gasteiger partial charge in [-0.3, -0.25) is 10.1 Å². The highest BCUT2D eigenvalue weighted by Gasteiger charge is 2.31. The number of aryl methyl sites for hydroxylation is 1. The van der Waals surface area contributed by atoms with Gasteiger partial charge in [-0.2, -0.15) is 0 Å². The minimum absolute atomic E-state index is 0.0863. The molecule has 1 unspecified atom stereocenters. The van der Waals surface area contributed by atoms with Crippen molar-refractivity contribution in [1.29, 1.82) is 0 Å². The lowest BCUT2D eigenvalue weighted by Gasteiger charge is -2.25. The van der Waals surface area contributed by atoms with Crippen molar-refractivity contribution in [2.75, 3.05) is 6.54 Å². The third-order valence-corrected chi connectivity index (χ3v) is 3.29. The minimum atomic E-state index is -1.02. The summed E-state index contributed by atoms with van der Waals surface area (Å²) in [6.45, 7) is 5.83. The standard InChI is InChI=1S/C12H20N4O4/c1-4-5-12(3,11(17)18)14-6-7-15-9(2)13-8-10(15)16(19)20/h8,14H,4-7H2,1-3H3,(H,17,18). The van der Waals surface area contributed by atoms with E-state index in [0.29, 0.717) is 25.3 Å². The first-order valence-electron chi connectivity index (χ1n) is 6.46. The molecule has 20 heavy (non-hydrogen) atoms. The first-order chi connectivity index (χ1) is 9.31. The summed E-state index contributed by atoms with van der Waals surface area (Å²) < 4.78 is 1.46. The van der Waals surface area contributed by atoms with E-state index in [1.807, 2.05) is 6.92 Å². The highest BCUT2D eigenvalue weighted by atomic mass is 16.6. The van der Waals surface area contributed by atoms with Gasteiger partial charge in [0.2, 0.25) is 0 Å². The molecule has 0 aliphatic heterocycles. The number of imidazole rings is 1. The molecule has 1 atom stereocenters. The Labute approximate surface area is 117 Å². The zero-order valence-electron chi connectivity index (χ0n) is 11.9. The molecule has 0 aliphatic carbocycles. The van der Waals surface area contributed by atoms with Gasteiger partial charge in [-0.05, 0) is 18.3 Å². The van der Waals surface area contributed by atoms with Gasteiger partial charge in [-0.1, -0.05) is 13.3 Å². The average molecular weight is 284 g/mol. The largest absolute Gasteiger partial charge is 0.480 e. The van der Waals surface area contributed by atoms with E-state index in [1.165, 1.54) is 10.8 Å². The number of aromatic nitrogens is 2. The second kappa shape index (κ2) is 6.47. The number of nitrogens with zero attached hydrogens (tertiary/aromatic N) is 3. The average Bonchev–Trinajstić information content (AvgIpc) is 2.71. The van der Waals surface area contributed by atoms with E-state index in [4.69, 9.17) is 0 Å². The Kier molecular flexibility index (Phi) is 5.20. The number of hydrogen-bond acceptors (Lipinski definition) is 5. The number of hydrogen-bond donors (Lipinski definition) is 2. The molecule has 8 heteroatoms. The van der Waals surface area contributed by atoms with Crippen molar-refractivity contribution in [2.24, 2.45) is 0 Å². The molecule has 1 aromatic rings. The first kappa shape index (κ1) is 16.1. The van der Waals surface area contributed by atoms with E-state index in [1.54, 1.807) is 13.8 Å². The Morgan fingerprint density at radius 1 is 1.65 bits per heavy atom. The van der Waals surface area contributed by atoms with Crippen molar-refractivity contribution in [1.82, 2.24) is 14.9 Å². The summed E-state index contributed by atoms with van der Waals surface area (Å²) in [5.74, 6) is -0.473. The maximum absolute atomic E-state index is 11.3. The molecule has 0 aliphatic rings. The monoisotopic (exact) mass is 284 g/mol. The maximum atomic E-state index is 11.3. The SMILES string of the molecule is CCCC(C)(NCCn1c([N+](=O)[O-])cnc1C)C(=O)O. The number of carboxylic acids is 1. The number of carbonyl (C=O) groups is 1. The zero-order valence-corrected chi connectivity index (χ0v) is 11.9. The molecule has 1 heterocycles. The summed E-state index contributed by atoms with van der Waals surface area (Å²) in [5, 5.41) is 23.0. The van der Waals surface area contributed by atoms with Crippen LogP contribution in [0.2, 0.25) is 0 Å². The second-order valence-electron chi connectivity index (χ2n) is 4.89. The Morgan fingerprint density at radius 3 is 2.80 bits per heavy atom. The predicted octanol–water partition coefficient (Wildman–Crippen LogP) is 1.33. The van der Waals surface area contributed by atoms with Crippen LogP contribution in [0.5, 0.6) is 0 Å². The lowest BCUT2D eigenvalue weighted by Crippen LogP contribution is -2.50. The summed E-state index contributed by atoms with van der Waals surface area (Å²) in [6, 6.07) is 0. The van der Waals surface area contributed by atoms with Crippen LogP contribution >= 0.6 is 0 Å². The van der Waals surface area contributed by atoms with Gasteiger partial charge in [0, 0.05) is 13.5 Å². The predicted molar refractivity (Wildman–Crippen MR) is 72.6 cm³/mol. The molecule has 0 aromatic carbocycles. The zero-order chi connectivity index (χ0) is 15.3. The normalized spacial score (nSPS) is 13.9. The first-order valence-corrected chi connectivity index (χ1v) is 6.46. The quantitative estimate of drug-likeness (QED) is 0.550. The molecule has 0 spiro atoms. The number of aliphatic carboxylic acids is 1. The van der Waals surface area contributed by atoms with Crippen LogP contribution in [-0.4, -0.2) is 37.6 Å². The van der Waals surface area contributed by atoms with E-state index < -0.39 is 16.4 Å². The van der Waals surface area contributed by atoms with E-state index in [-0.39, 0.29) is 5.82 Å². The highest BCUT2D eigenvalue weighted by molar-refractivity contribution is 5.78. The Hall–Kier alpha value is -1.96. The molecule has 0 fully saturated rings. The topological polar surface area (TPSA) is 110 Å². The van der Waals surface area contributed by atoms with E-state index >= 15 is 0 Å². The lowest BCUT2D eigenvalue weighted by atomic mass is 9.96. The molecule has 2 N–H and O–H groups in total. The fourth-order valence-corrected chi connectivity index (χ4v) is 2.09. The molecule has 0 amide bonds. The van der Waals surface area contributed by atoms with Crippen LogP contribution in [-0.2, 0) is 11.3 Å². The number of nitro groups is 1. The van der Waals surface area contributed by atoms with Gasteiger partial charge >= 0.3 is 11.8 Å². The summed E-state index contributed by atoms with van der Waals surface area (Å²) in [7, 11) is 0. The summed E-state index contributed by atoms with van der Waals surface area (Å²) >= 11 is 0. The van der Waals surface area contributed by atoms with Gasteiger partial charge < -0.3 is 15.2 Å². The van der Waals surface area contributed by atoms with Gasteiger partial charge in [-0.15, -0.1) is 0 Å². The molecule has 8 nitrogen and oxygen atoms in total. The highest BCUT2D eigenvalue weighted by Crippen LogP contribution is 2.15. The third-order valence-electron chi connectivity index (χ3n) is 3.29. The fraction of sp³-hybridized carbons (Fsp3) is 0.667. The Bertz CT molecular complexity index is 500. The van der Waals surface area contributed by atoms with Crippen LogP contribution in [0.3, 0.4) is 0 Å². The van der Waals surface area contributed by atoms with Crippen molar-refractivity contribution in [3.05, 3.63) is 22.1 Å². The second-order valence-corrected chi connectivity index (χ2v) is 4.89. The van der Waals surface area contributed by atoms with Gasteiger partial charge in [0.15, 0.2) is 5.82 Å². The number of rotatable bonds is 8. The lowest BCUT2D eigenvalue weighted by molar-refractivity contribution is -0.392. The van der Waals surface area contributed by atoms with Crippen LogP contribution in [0.4, 0.5) is 5.82 Å². The van der Waals surface area contributed by atoms with Crippen LogP contribution in [0.1, 0.15) is 32.5 Å². The number of carboxylic acid groups (broad SMARTS) is 1. The van der Waals surface area contributed by atoms with E-state index in [2.05, 4.69) is 10.3 Å². The summed E-state index contributed by atoms with van der Waals surface area (Å²) in [6.07, 6.45) is 2.44. The van der Waals surface area contributed by atoms with Gasteiger partial charge in [0.1, 0.15) is 18.3 Å². The van der Waals surface area contributed by atoms with Crippen molar-refractivity contribution in [3.8, 4) is 0 Å². The molecule has 0 saturated heterocycles. The summed E-state index contributed by atoms with van der Waals surface area (Å²) in [4.78, 5) is 25.5. The molecule has 112 valence electrons. The molecule has 0 saturated carbocycles. The van der Waals surface area contributed by atoms with Gasteiger partial charge in [-0.25, -0.2) is 9.55 Å². The molecule has 0 bridgehead atoms. The van der Waals surface area contributed by atoms with E-state index in [9.17, 15) is 20.0 Å². The van der Waals surface area contributed by atoms with Crippen molar-refractivity contribution in [2.45, 2.75) is 45.7 Å². The molecular formula is C12H20N4O4. The van der Waals surface area contributed by atoms with Crippen molar-refractivity contribution < 1.29 is 14.8 Å². The molecule has 1 rings (SSSR count). The van der Waals surface area contributed by atoms with Crippen LogP contribution < -0.4 is 5.32 Å². The van der Waals surface area contributed by atoms with Crippen molar-refractivity contribution in [3.63, 3.8) is 0 Å². The maximum Gasteiger partial charge on any atom is 0.342 e. The van der Waals surface area contributed by atoms with Crippen LogP contribution in [0.15, 0.2) is 6.20 Å². The smallest absolute Gasteiger partial charge is 0.342 e. The molecule has 1 aromatic heterocycles. The Morgan fingerprint density at radius 2 is 2.30 bits per heavy atom. The van der Waals surface area contributed by atoms with Crippen molar-refractivity contribution >= 4 is 11.8 Å². The molecule has 0 radical (unpaired) electrons. The van der Waals surface area contributed by atoms with Crippen LogP contribution in [0.25, 0.3) is 0 Å².